The summed E-state index contributed by atoms with van der Waals surface area (Å²) >= 11 is 0. The van der Waals surface area contributed by atoms with Crippen LogP contribution < -0.4 is 0 Å². The number of rotatable bonds is 6. The lowest BCUT2D eigenvalue weighted by Crippen LogP contribution is -2.26. The third-order valence-electron chi connectivity index (χ3n) is 2.75. The Morgan fingerprint density at radius 1 is 1.33 bits per heavy atom. The van der Waals surface area contributed by atoms with E-state index in [0.717, 1.165) is 6.07 Å². The largest absolute Gasteiger partial charge is 0.481 e. The molecule has 0 radical (unpaired) electrons. The molecule has 0 fully saturated rings. The SMILES string of the molecule is CC(CN(C)CCC(=O)O)c1cc(F)cc(F)c1. The highest BCUT2D eigenvalue weighted by Gasteiger charge is 2.12. The molecule has 0 spiro atoms. The quantitative estimate of drug-likeness (QED) is 0.851. The fourth-order valence-corrected chi connectivity index (χ4v) is 1.81. The van der Waals surface area contributed by atoms with Crippen LogP contribution >= 0.6 is 0 Å². The summed E-state index contributed by atoms with van der Waals surface area (Å²) in [7, 11) is 1.79. The Morgan fingerprint density at radius 3 is 2.39 bits per heavy atom. The number of carbonyl (C=O) groups is 1. The van der Waals surface area contributed by atoms with Crippen LogP contribution in [0.25, 0.3) is 0 Å². The lowest BCUT2D eigenvalue weighted by molar-refractivity contribution is -0.137. The van der Waals surface area contributed by atoms with E-state index in [4.69, 9.17) is 5.11 Å². The molecular formula is C13H17F2NO2. The second kappa shape index (κ2) is 6.44. The summed E-state index contributed by atoms with van der Waals surface area (Å²) in [5.41, 5.74) is 0.578. The molecule has 5 heteroatoms. The van der Waals surface area contributed by atoms with E-state index in [1.165, 1.54) is 12.1 Å². The summed E-state index contributed by atoms with van der Waals surface area (Å²) in [6.45, 7) is 2.82. The number of aliphatic carboxylic acids is 1. The second-order valence-corrected chi connectivity index (χ2v) is 4.51. The van der Waals surface area contributed by atoms with Crippen LogP contribution in [0.3, 0.4) is 0 Å². The molecule has 0 aliphatic carbocycles. The highest BCUT2D eigenvalue weighted by molar-refractivity contribution is 5.66. The van der Waals surface area contributed by atoms with E-state index in [2.05, 4.69) is 0 Å². The van der Waals surface area contributed by atoms with Crippen LogP contribution in [0.4, 0.5) is 8.78 Å². The average molecular weight is 257 g/mol. The Bertz CT molecular complexity index is 403. The number of carboxylic acids is 1. The number of likely N-dealkylation sites (N-methyl/N-ethyl adjacent to an activating group) is 1. The van der Waals surface area contributed by atoms with Gasteiger partial charge in [-0.1, -0.05) is 6.92 Å². The molecule has 1 N–H and O–H groups in total. The normalized spacial score (nSPS) is 12.7. The van der Waals surface area contributed by atoms with Gasteiger partial charge < -0.3 is 10.0 Å². The van der Waals surface area contributed by atoms with Crippen molar-refractivity contribution < 1.29 is 18.7 Å². The first-order valence-electron chi connectivity index (χ1n) is 5.75. The van der Waals surface area contributed by atoms with Crippen molar-refractivity contribution in [3.63, 3.8) is 0 Å². The minimum absolute atomic E-state index is 0.0563. The van der Waals surface area contributed by atoms with Crippen LogP contribution in [-0.2, 0) is 4.79 Å². The van der Waals surface area contributed by atoms with Gasteiger partial charge in [-0.2, -0.15) is 0 Å². The Kier molecular flexibility index (Phi) is 5.22. The van der Waals surface area contributed by atoms with Crippen molar-refractivity contribution in [1.29, 1.82) is 0 Å². The zero-order valence-corrected chi connectivity index (χ0v) is 10.5. The van der Waals surface area contributed by atoms with Gasteiger partial charge in [0.1, 0.15) is 11.6 Å². The summed E-state index contributed by atoms with van der Waals surface area (Å²) < 4.78 is 26.1. The van der Waals surface area contributed by atoms with E-state index in [9.17, 15) is 13.6 Å². The van der Waals surface area contributed by atoms with Crippen LogP contribution in [0, 0.1) is 11.6 Å². The number of hydrogen-bond donors (Lipinski definition) is 1. The highest BCUT2D eigenvalue weighted by Crippen LogP contribution is 2.18. The fraction of sp³-hybridized carbons (Fsp3) is 0.462. The minimum Gasteiger partial charge on any atom is -0.481 e. The standard InChI is InChI=1S/C13H17F2NO2/c1-9(8-16(2)4-3-13(17)18)10-5-11(14)7-12(15)6-10/h5-7,9H,3-4,8H2,1-2H3,(H,17,18). The first kappa shape index (κ1) is 14.6. The maximum absolute atomic E-state index is 13.0. The molecule has 0 amide bonds. The molecule has 1 aromatic carbocycles. The van der Waals surface area contributed by atoms with Gasteiger partial charge in [0.25, 0.3) is 0 Å². The van der Waals surface area contributed by atoms with Gasteiger partial charge in [-0.15, -0.1) is 0 Å². The van der Waals surface area contributed by atoms with Crippen molar-refractivity contribution in [2.24, 2.45) is 0 Å². The summed E-state index contributed by atoms with van der Waals surface area (Å²) in [6.07, 6.45) is 0.0563. The van der Waals surface area contributed by atoms with E-state index in [1.54, 1.807) is 7.05 Å². The molecule has 0 aliphatic rings. The number of nitrogens with zero attached hydrogens (tertiary/aromatic N) is 1. The Labute approximate surface area is 105 Å². The number of halogens is 2. The van der Waals surface area contributed by atoms with Gasteiger partial charge in [0.15, 0.2) is 0 Å². The molecule has 0 aliphatic heterocycles. The minimum atomic E-state index is -0.855. The maximum atomic E-state index is 13.0. The van der Waals surface area contributed by atoms with Crippen molar-refractivity contribution in [3.05, 3.63) is 35.4 Å². The maximum Gasteiger partial charge on any atom is 0.304 e. The van der Waals surface area contributed by atoms with Gasteiger partial charge in [-0.25, -0.2) is 8.78 Å². The molecule has 0 heterocycles. The fourth-order valence-electron chi connectivity index (χ4n) is 1.81. The van der Waals surface area contributed by atoms with Crippen LogP contribution in [0.2, 0.25) is 0 Å². The van der Waals surface area contributed by atoms with Crippen molar-refractivity contribution in [3.8, 4) is 0 Å². The molecule has 0 aromatic heterocycles. The zero-order valence-electron chi connectivity index (χ0n) is 10.5. The molecule has 1 unspecified atom stereocenters. The Hall–Kier alpha value is -1.49. The summed E-state index contributed by atoms with van der Waals surface area (Å²) in [5.74, 6) is -2.10. The Morgan fingerprint density at radius 2 is 1.89 bits per heavy atom. The lowest BCUT2D eigenvalue weighted by atomic mass is 10.0. The first-order valence-corrected chi connectivity index (χ1v) is 5.75. The van der Waals surface area contributed by atoms with Crippen molar-refractivity contribution in [2.75, 3.05) is 20.1 Å². The van der Waals surface area contributed by atoms with E-state index in [0.29, 0.717) is 18.7 Å². The van der Waals surface area contributed by atoms with Gasteiger partial charge >= 0.3 is 5.97 Å². The average Bonchev–Trinajstić information content (AvgIpc) is 2.25. The zero-order chi connectivity index (χ0) is 13.7. The second-order valence-electron chi connectivity index (χ2n) is 4.51. The summed E-state index contributed by atoms with van der Waals surface area (Å²) in [6, 6.07) is 3.45. The van der Waals surface area contributed by atoms with E-state index < -0.39 is 17.6 Å². The molecule has 1 atom stereocenters. The van der Waals surface area contributed by atoms with E-state index in [-0.39, 0.29) is 12.3 Å². The number of hydrogen-bond acceptors (Lipinski definition) is 2. The third kappa shape index (κ3) is 4.79. The molecule has 0 saturated carbocycles. The molecular weight excluding hydrogens is 240 g/mol. The van der Waals surface area contributed by atoms with Gasteiger partial charge in [0.2, 0.25) is 0 Å². The van der Waals surface area contributed by atoms with Gasteiger partial charge in [-0.3, -0.25) is 4.79 Å². The molecule has 0 bridgehead atoms. The highest BCUT2D eigenvalue weighted by atomic mass is 19.1. The summed E-state index contributed by atoms with van der Waals surface area (Å²) in [4.78, 5) is 12.3. The smallest absolute Gasteiger partial charge is 0.304 e. The number of benzene rings is 1. The topological polar surface area (TPSA) is 40.5 Å². The lowest BCUT2D eigenvalue weighted by Gasteiger charge is -2.21. The van der Waals surface area contributed by atoms with Crippen molar-refractivity contribution in [1.82, 2.24) is 4.90 Å². The van der Waals surface area contributed by atoms with Gasteiger partial charge in [0.05, 0.1) is 6.42 Å². The van der Waals surface area contributed by atoms with Gasteiger partial charge in [0, 0.05) is 19.2 Å². The molecule has 100 valence electrons. The first-order chi connectivity index (χ1) is 8.38. The number of carboxylic acid groups (broad SMARTS) is 1. The predicted molar refractivity (Wildman–Crippen MR) is 64.5 cm³/mol. The van der Waals surface area contributed by atoms with Crippen LogP contribution in [0.1, 0.15) is 24.8 Å². The van der Waals surface area contributed by atoms with Crippen molar-refractivity contribution in [2.45, 2.75) is 19.3 Å². The predicted octanol–water partition coefficient (Wildman–Crippen LogP) is 2.47. The van der Waals surface area contributed by atoms with E-state index >= 15 is 0 Å². The van der Waals surface area contributed by atoms with Gasteiger partial charge in [-0.05, 0) is 30.7 Å². The molecule has 0 saturated heterocycles. The molecule has 1 aromatic rings. The molecule has 3 nitrogen and oxygen atoms in total. The third-order valence-corrected chi connectivity index (χ3v) is 2.75. The van der Waals surface area contributed by atoms with Crippen LogP contribution in [0.15, 0.2) is 18.2 Å². The van der Waals surface area contributed by atoms with Crippen LogP contribution in [-0.4, -0.2) is 36.1 Å². The van der Waals surface area contributed by atoms with Crippen LogP contribution in [0.5, 0.6) is 0 Å². The molecule has 1 rings (SSSR count). The van der Waals surface area contributed by atoms with E-state index in [1.807, 2.05) is 11.8 Å². The Balaban J connectivity index is 2.58. The molecule has 18 heavy (non-hydrogen) atoms. The summed E-state index contributed by atoms with van der Waals surface area (Å²) in [5, 5.41) is 8.56. The van der Waals surface area contributed by atoms with Crippen molar-refractivity contribution >= 4 is 5.97 Å². The monoisotopic (exact) mass is 257 g/mol.